The van der Waals surface area contributed by atoms with Gasteiger partial charge in [0.2, 0.25) is 0 Å². The van der Waals surface area contributed by atoms with Crippen molar-refractivity contribution in [3.63, 3.8) is 0 Å². The number of benzene rings is 2. The van der Waals surface area contributed by atoms with Gasteiger partial charge in [-0.05, 0) is 35.4 Å². The average molecular weight is 413 g/mol. The Morgan fingerprint density at radius 1 is 0.926 bits per heavy atom. The quantitative estimate of drug-likeness (QED) is 0.713. The molecule has 0 aromatic heterocycles. The fourth-order valence-corrected chi connectivity index (χ4v) is 3.14. The lowest BCUT2D eigenvalue weighted by Gasteiger charge is -2.21. The maximum Gasteiger partial charge on any atom is 0.186 e. The number of hydrogen-bond acceptors (Lipinski definition) is 5. The third kappa shape index (κ3) is 5.65. The van der Waals surface area contributed by atoms with E-state index in [2.05, 4.69) is 0 Å². The summed E-state index contributed by atoms with van der Waals surface area (Å²) in [6, 6.07) is 14.8. The molecule has 3 rings (SSSR count). The van der Waals surface area contributed by atoms with Crippen molar-refractivity contribution in [1.29, 1.82) is 0 Å². The van der Waals surface area contributed by atoms with Gasteiger partial charge in [0.25, 0.3) is 0 Å². The van der Waals surface area contributed by atoms with E-state index in [9.17, 15) is 5.11 Å². The van der Waals surface area contributed by atoms with Crippen LogP contribution in [0.15, 0.2) is 48.5 Å². The van der Waals surface area contributed by atoms with E-state index in [0.29, 0.717) is 23.3 Å². The highest BCUT2D eigenvalue weighted by molar-refractivity contribution is 6.30. The minimum atomic E-state index is -0.897. The lowest BCUT2D eigenvalue weighted by Crippen LogP contribution is -2.37. The Morgan fingerprint density at radius 2 is 1.48 bits per heavy atom. The summed E-state index contributed by atoms with van der Waals surface area (Å²) < 4.78 is 22.6. The van der Waals surface area contributed by atoms with Gasteiger partial charge in [0.1, 0.15) is 18.3 Å². The number of methoxy groups -OCH3 is 1. The molecule has 146 valence electrons. The summed E-state index contributed by atoms with van der Waals surface area (Å²) in [4.78, 5) is 0. The second-order valence-electron chi connectivity index (χ2n) is 6.31. The molecule has 2 aromatic carbocycles. The van der Waals surface area contributed by atoms with E-state index in [1.54, 1.807) is 12.1 Å². The summed E-state index contributed by atoms with van der Waals surface area (Å²) in [6.07, 6.45) is -2.64. The molecule has 2 aromatic rings. The second kappa shape index (κ2) is 9.85. The highest BCUT2D eigenvalue weighted by Crippen LogP contribution is 2.26. The molecular weight excluding hydrogens is 391 g/mol. The summed E-state index contributed by atoms with van der Waals surface area (Å²) in [5.74, 6) is 0. The SMILES string of the molecule is CO[C@H]1O[C@@H](COCc2ccc(Cl)cc2)[C@H](OCc2ccc(Cl)cc2)[C@@H]1O. The van der Waals surface area contributed by atoms with Gasteiger partial charge in [-0.3, -0.25) is 0 Å². The highest BCUT2D eigenvalue weighted by atomic mass is 35.5. The highest BCUT2D eigenvalue weighted by Gasteiger charge is 2.44. The molecule has 1 saturated heterocycles. The predicted molar refractivity (Wildman–Crippen MR) is 103 cm³/mol. The maximum atomic E-state index is 10.4. The number of halogens is 2. The summed E-state index contributed by atoms with van der Waals surface area (Å²) >= 11 is 11.8. The van der Waals surface area contributed by atoms with Gasteiger partial charge in [0.15, 0.2) is 6.29 Å². The molecule has 1 fully saturated rings. The molecule has 0 spiro atoms. The number of aliphatic hydroxyl groups is 1. The Morgan fingerprint density at radius 3 is 2.04 bits per heavy atom. The Kier molecular flexibility index (Phi) is 7.49. The molecule has 0 unspecified atom stereocenters. The molecule has 0 radical (unpaired) electrons. The first-order chi connectivity index (χ1) is 13.1. The van der Waals surface area contributed by atoms with Crippen molar-refractivity contribution in [2.24, 2.45) is 0 Å². The predicted octanol–water partition coefficient (Wildman–Crippen LogP) is 3.83. The van der Waals surface area contributed by atoms with Crippen molar-refractivity contribution in [3.8, 4) is 0 Å². The second-order valence-corrected chi connectivity index (χ2v) is 7.19. The van der Waals surface area contributed by atoms with E-state index in [4.69, 9.17) is 42.1 Å². The molecule has 1 aliphatic rings. The van der Waals surface area contributed by atoms with Crippen molar-refractivity contribution in [2.75, 3.05) is 13.7 Å². The van der Waals surface area contributed by atoms with Crippen LogP contribution in [0.25, 0.3) is 0 Å². The van der Waals surface area contributed by atoms with Crippen LogP contribution in [0, 0.1) is 0 Å². The van der Waals surface area contributed by atoms with Gasteiger partial charge in [-0.2, -0.15) is 0 Å². The van der Waals surface area contributed by atoms with E-state index in [1.807, 2.05) is 36.4 Å². The van der Waals surface area contributed by atoms with Crippen molar-refractivity contribution < 1.29 is 24.1 Å². The molecule has 0 saturated carbocycles. The Balaban J connectivity index is 1.55. The molecule has 1 aliphatic heterocycles. The smallest absolute Gasteiger partial charge is 0.186 e. The Labute approximate surface area is 168 Å². The van der Waals surface area contributed by atoms with Gasteiger partial charge >= 0.3 is 0 Å². The van der Waals surface area contributed by atoms with Gasteiger partial charge in [-0.15, -0.1) is 0 Å². The number of aliphatic hydroxyl groups excluding tert-OH is 1. The fraction of sp³-hybridized carbons (Fsp3) is 0.400. The van der Waals surface area contributed by atoms with Gasteiger partial charge in [0, 0.05) is 17.2 Å². The van der Waals surface area contributed by atoms with Crippen molar-refractivity contribution >= 4 is 23.2 Å². The third-order valence-electron chi connectivity index (χ3n) is 4.34. The van der Waals surface area contributed by atoms with Crippen LogP contribution < -0.4 is 0 Å². The maximum absolute atomic E-state index is 10.4. The zero-order chi connectivity index (χ0) is 19.2. The Bertz CT molecular complexity index is 707. The topological polar surface area (TPSA) is 57.2 Å². The van der Waals surface area contributed by atoms with Gasteiger partial charge in [-0.1, -0.05) is 47.5 Å². The largest absolute Gasteiger partial charge is 0.385 e. The monoisotopic (exact) mass is 412 g/mol. The standard InChI is InChI=1S/C20H22Cl2O5/c1-24-20-18(23)19(26-11-14-4-8-16(22)9-5-14)17(27-20)12-25-10-13-2-6-15(21)7-3-13/h2-9,17-20,23H,10-12H2,1H3/t17-,18-,19-,20-/m0/s1. The molecule has 27 heavy (non-hydrogen) atoms. The van der Waals surface area contributed by atoms with Crippen LogP contribution in [0.1, 0.15) is 11.1 Å². The molecule has 0 amide bonds. The van der Waals surface area contributed by atoms with E-state index < -0.39 is 24.6 Å². The van der Waals surface area contributed by atoms with Crippen LogP contribution in [-0.4, -0.2) is 43.4 Å². The van der Waals surface area contributed by atoms with E-state index >= 15 is 0 Å². The Hall–Kier alpha value is -1.18. The number of ether oxygens (including phenoxy) is 4. The van der Waals surface area contributed by atoms with Crippen LogP contribution in [0.2, 0.25) is 10.0 Å². The first-order valence-electron chi connectivity index (χ1n) is 8.61. The molecule has 5 nitrogen and oxygen atoms in total. The molecule has 7 heteroatoms. The molecular formula is C20H22Cl2O5. The van der Waals surface area contributed by atoms with Crippen molar-refractivity contribution in [2.45, 2.75) is 37.8 Å². The molecule has 1 heterocycles. The van der Waals surface area contributed by atoms with Crippen LogP contribution in [0.3, 0.4) is 0 Å². The zero-order valence-electron chi connectivity index (χ0n) is 14.9. The summed E-state index contributed by atoms with van der Waals surface area (Å²) in [5.41, 5.74) is 1.95. The lowest BCUT2D eigenvalue weighted by molar-refractivity contribution is -0.156. The number of hydrogen-bond donors (Lipinski definition) is 1. The first kappa shape index (κ1) is 20.6. The van der Waals surface area contributed by atoms with Crippen LogP contribution in [-0.2, 0) is 32.2 Å². The average Bonchev–Trinajstić information content (AvgIpc) is 2.98. The summed E-state index contributed by atoms with van der Waals surface area (Å²) in [5, 5.41) is 11.8. The van der Waals surface area contributed by atoms with Gasteiger partial charge in [-0.25, -0.2) is 0 Å². The normalized spacial score (nSPS) is 25.0. The van der Waals surface area contributed by atoms with Gasteiger partial charge in [0.05, 0.1) is 19.8 Å². The van der Waals surface area contributed by atoms with E-state index in [1.165, 1.54) is 7.11 Å². The van der Waals surface area contributed by atoms with Crippen molar-refractivity contribution in [3.05, 3.63) is 69.7 Å². The van der Waals surface area contributed by atoms with Crippen LogP contribution in [0.4, 0.5) is 0 Å². The van der Waals surface area contributed by atoms with Crippen LogP contribution >= 0.6 is 23.2 Å². The summed E-state index contributed by atoms with van der Waals surface area (Å²) in [6.45, 7) is 1.01. The minimum absolute atomic E-state index is 0.269. The zero-order valence-corrected chi connectivity index (χ0v) is 16.4. The molecule has 0 aliphatic carbocycles. The minimum Gasteiger partial charge on any atom is -0.385 e. The van der Waals surface area contributed by atoms with Crippen LogP contribution in [0.5, 0.6) is 0 Å². The van der Waals surface area contributed by atoms with E-state index in [-0.39, 0.29) is 6.61 Å². The molecule has 1 N–H and O–H groups in total. The lowest BCUT2D eigenvalue weighted by atomic mass is 10.1. The third-order valence-corrected chi connectivity index (χ3v) is 4.85. The van der Waals surface area contributed by atoms with Gasteiger partial charge < -0.3 is 24.1 Å². The molecule has 0 bridgehead atoms. The molecule has 4 atom stereocenters. The summed E-state index contributed by atoms with van der Waals surface area (Å²) in [7, 11) is 1.49. The van der Waals surface area contributed by atoms with E-state index in [0.717, 1.165) is 11.1 Å². The fourth-order valence-electron chi connectivity index (χ4n) is 2.89. The number of rotatable bonds is 8. The first-order valence-corrected chi connectivity index (χ1v) is 9.37. The van der Waals surface area contributed by atoms with Crippen molar-refractivity contribution in [1.82, 2.24) is 0 Å².